The van der Waals surface area contributed by atoms with Crippen LogP contribution in [0.15, 0.2) is 56.7 Å². The van der Waals surface area contributed by atoms with Gasteiger partial charge in [-0.25, -0.2) is 25.9 Å². The van der Waals surface area contributed by atoms with E-state index in [4.69, 9.17) is 0 Å². The van der Waals surface area contributed by atoms with E-state index in [2.05, 4.69) is 25.4 Å². The Kier molecular flexibility index (Phi) is 4.89. The summed E-state index contributed by atoms with van der Waals surface area (Å²) in [6, 6.07) is 8.71. The van der Waals surface area contributed by atoms with Crippen LogP contribution in [0.4, 0.5) is 10.1 Å². The molecule has 0 aromatic heterocycles. The fourth-order valence-electron chi connectivity index (χ4n) is 2.07. The molecule has 0 atom stereocenters. The average molecular weight is 449 g/mol. The Balaban J connectivity index is 1.91. The Hall–Kier alpha value is -1.49. The van der Waals surface area contributed by atoms with Crippen molar-refractivity contribution < 1.29 is 21.2 Å². The predicted molar refractivity (Wildman–Crippen MR) is 94.7 cm³/mol. The molecule has 0 heterocycles. The first-order valence-corrected chi connectivity index (χ1v) is 11.0. The molecule has 3 rings (SSSR count). The van der Waals surface area contributed by atoms with E-state index in [1.807, 2.05) is 0 Å². The number of rotatable bonds is 6. The minimum atomic E-state index is -4.14. The molecule has 1 aliphatic rings. The van der Waals surface area contributed by atoms with Crippen molar-refractivity contribution in [1.82, 2.24) is 4.72 Å². The molecule has 0 saturated heterocycles. The Labute approximate surface area is 153 Å². The van der Waals surface area contributed by atoms with Crippen LogP contribution in [0.5, 0.6) is 0 Å². The van der Waals surface area contributed by atoms with Gasteiger partial charge in [-0.05, 0) is 49.2 Å². The first-order valence-electron chi connectivity index (χ1n) is 7.28. The van der Waals surface area contributed by atoms with E-state index in [1.165, 1.54) is 30.3 Å². The van der Waals surface area contributed by atoms with Crippen LogP contribution in [0.1, 0.15) is 12.8 Å². The lowest BCUT2D eigenvalue weighted by Gasteiger charge is -2.11. The van der Waals surface area contributed by atoms with Crippen molar-refractivity contribution in [2.24, 2.45) is 0 Å². The summed E-state index contributed by atoms with van der Waals surface area (Å²) in [6.07, 6.45) is 1.53. The van der Waals surface area contributed by atoms with Crippen molar-refractivity contribution in [2.45, 2.75) is 28.7 Å². The summed E-state index contributed by atoms with van der Waals surface area (Å²) >= 11 is 3.09. The molecule has 1 fully saturated rings. The minimum absolute atomic E-state index is 0.0970. The number of hydrogen-bond donors (Lipinski definition) is 2. The highest BCUT2D eigenvalue weighted by atomic mass is 79.9. The molecular weight excluding hydrogens is 435 g/mol. The molecule has 0 unspecified atom stereocenters. The van der Waals surface area contributed by atoms with Crippen LogP contribution in [0.2, 0.25) is 0 Å². The van der Waals surface area contributed by atoms with E-state index >= 15 is 0 Å². The summed E-state index contributed by atoms with van der Waals surface area (Å²) in [6.45, 7) is 0. The molecule has 2 N–H and O–H groups in total. The zero-order valence-corrected chi connectivity index (χ0v) is 16.0. The van der Waals surface area contributed by atoms with Gasteiger partial charge >= 0.3 is 0 Å². The SMILES string of the molecule is O=S(=O)(Nc1ccc(Br)cc1F)c1cccc(S(=O)(=O)NC2CC2)c1. The lowest BCUT2D eigenvalue weighted by Crippen LogP contribution is -2.26. The molecule has 0 amide bonds. The largest absolute Gasteiger partial charge is 0.277 e. The number of halogens is 2. The summed E-state index contributed by atoms with van der Waals surface area (Å²) < 4.78 is 68.3. The molecule has 134 valence electrons. The van der Waals surface area contributed by atoms with Crippen molar-refractivity contribution in [3.63, 3.8) is 0 Å². The van der Waals surface area contributed by atoms with Gasteiger partial charge in [0.2, 0.25) is 10.0 Å². The monoisotopic (exact) mass is 448 g/mol. The van der Waals surface area contributed by atoms with Crippen LogP contribution in [-0.4, -0.2) is 22.9 Å². The second-order valence-corrected chi connectivity index (χ2v) is 9.91. The van der Waals surface area contributed by atoms with E-state index in [0.29, 0.717) is 4.47 Å². The van der Waals surface area contributed by atoms with Crippen molar-refractivity contribution in [1.29, 1.82) is 0 Å². The molecule has 2 aromatic rings. The van der Waals surface area contributed by atoms with Crippen LogP contribution < -0.4 is 9.44 Å². The zero-order chi connectivity index (χ0) is 18.2. The van der Waals surface area contributed by atoms with Gasteiger partial charge in [0, 0.05) is 10.5 Å². The zero-order valence-electron chi connectivity index (χ0n) is 12.7. The van der Waals surface area contributed by atoms with E-state index < -0.39 is 25.9 Å². The Bertz CT molecular complexity index is 1020. The normalized spacial score (nSPS) is 15.1. The van der Waals surface area contributed by atoms with Gasteiger partial charge in [-0.2, -0.15) is 0 Å². The molecule has 0 aliphatic heterocycles. The first kappa shape index (κ1) is 18.3. The molecular formula is C15H14BrFN2O4S2. The summed E-state index contributed by atoms with van der Waals surface area (Å²) in [7, 11) is -7.93. The number of benzene rings is 2. The summed E-state index contributed by atoms with van der Waals surface area (Å²) in [5.41, 5.74) is -0.229. The maximum Gasteiger partial charge on any atom is 0.262 e. The quantitative estimate of drug-likeness (QED) is 0.710. The third kappa shape index (κ3) is 4.38. The third-order valence-corrected chi connectivity index (χ3v) is 6.88. The molecule has 0 spiro atoms. The second kappa shape index (κ2) is 6.67. The highest BCUT2D eigenvalue weighted by Gasteiger charge is 2.28. The summed E-state index contributed by atoms with van der Waals surface area (Å²) in [5, 5.41) is 0. The molecule has 6 nitrogen and oxygen atoms in total. The van der Waals surface area contributed by atoms with Crippen LogP contribution in [0, 0.1) is 5.82 Å². The van der Waals surface area contributed by atoms with Gasteiger partial charge in [0.25, 0.3) is 10.0 Å². The molecule has 0 bridgehead atoms. The lowest BCUT2D eigenvalue weighted by atomic mass is 10.3. The van der Waals surface area contributed by atoms with E-state index in [0.717, 1.165) is 25.0 Å². The second-order valence-electron chi connectivity index (χ2n) is 5.60. The molecule has 1 saturated carbocycles. The fraction of sp³-hybridized carbons (Fsp3) is 0.200. The minimum Gasteiger partial charge on any atom is -0.277 e. The number of sulfonamides is 2. The van der Waals surface area contributed by atoms with Gasteiger partial charge in [0.15, 0.2) is 0 Å². The van der Waals surface area contributed by atoms with Crippen molar-refractivity contribution in [2.75, 3.05) is 4.72 Å². The van der Waals surface area contributed by atoms with Gasteiger partial charge in [-0.1, -0.05) is 22.0 Å². The van der Waals surface area contributed by atoms with Crippen molar-refractivity contribution in [3.8, 4) is 0 Å². The molecule has 1 aliphatic carbocycles. The molecule has 25 heavy (non-hydrogen) atoms. The fourth-order valence-corrected chi connectivity index (χ4v) is 4.94. The smallest absolute Gasteiger partial charge is 0.262 e. The van der Waals surface area contributed by atoms with Crippen LogP contribution >= 0.6 is 15.9 Å². The number of anilines is 1. The summed E-state index contributed by atoms with van der Waals surface area (Å²) in [5.74, 6) is -0.753. The van der Waals surface area contributed by atoms with Crippen LogP contribution in [0.25, 0.3) is 0 Å². The Morgan fingerprint density at radius 2 is 1.60 bits per heavy atom. The highest BCUT2D eigenvalue weighted by molar-refractivity contribution is 9.10. The Morgan fingerprint density at radius 1 is 0.960 bits per heavy atom. The maximum absolute atomic E-state index is 13.9. The van der Waals surface area contributed by atoms with Crippen molar-refractivity contribution >= 4 is 41.7 Å². The van der Waals surface area contributed by atoms with Crippen molar-refractivity contribution in [3.05, 3.63) is 52.8 Å². The number of nitrogens with one attached hydrogen (secondary N) is 2. The third-order valence-electron chi connectivity index (χ3n) is 3.50. The van der Waals surface area contributed by atoms with Gasteiger partial charge in [-0.3, -0.25) is 4.72 Å². The average Bonchev–Trinajstić information content (AvgIpc) is 3.33. The topological polar surface area (TPSA) is 92.3 Å². The lowest BCUT2D eigenvalue weighted by molar-refractivity contribution is 0.580. The summed E-state index contributed by atoms with van der Waals surface area (Å²) in [4.78, 5) is -0.424. The van der Waals surface area contributed by atoms with E-state index in [-0.39, 0.29) is 21.5 Å². The van der Waals surface area contributed by atoms with Gasteiger partial charge < -0.3 is 0 Å². The highest BCUT2D eigenvalue weighted by Crippen LogP contribution is 2.25. The van der Waals surface area contributed by atoms with Gasteiger partial charge in [0.05, 0.1) is 15.5 Å². The number of hydrogen-bond acceptors (Lipinski definition) is 4. The van der Waals surface area contributed by atoms with E-state index in [1.54, 1.807) is 0 Å². The standard InChI is InChI=1S/C15H14BrFN2O4S2/c16-10-4-7-15(14(17)8-10)19-25(22,23)13-3-1-2-12(9-13)24(20,21)18-11-5-6-11/h1-4,7-9,11,18-19H,5-6H2. The van der Waals surface area contributed by atoms with Crippen LogP contribution in [0.3, 0.4) is 0 Å². The molecule has 10 heteroatoms. The first-order chi connectivity index (χ1) is 11.7. The van der Waals surface area contributed by atoms with Crippen LogP contribution in [-0.2, 0) is 20.0 Å². The predicted octanol–water partition coefficient (Wildman–Crippen LogP) is 2.83. The van der Waals surface area contributed by atoms with Gasteiger partial charge in [-0.15, -0.1) is 0 Å². The molecule has 0 radical (unpaired) electrons. The molecule has 2 aromatic carbocycles. The van der Waals surface area contributed by atoms with Gasteiger partial charge in [0.1, 0.15) is 5.82 Å². The van der Waals surface area contributed by atoms with E-state index in [9.17, 15) is 21.2 Å². The maximum atomic E-state index is 13.9. The Morgan fingerprint density at radius 3 is 2.20 bits per heavy atom.